The number of hydroxylamine groups is 1. The van der Waals surface area contributed by atoms with Crippen molar-refractivity contribution in [2.75, 3.05) is 12.4 Å². The van der Waals surface area contributed by atoms with Crippen LogP contribution in [-0.2, 0) is 6.18 Å². The average molecular weight is 337 g/mol. The predicted octanol–water partition coefficient (Wildman–Crippen LogP) is 3.04. The number of halogens is 3. The predicted molar refractivity (Wildman–Crippen MR) is 79.3 cm³/mol. The average Bonchev–Trinajstić information content (AvgIpc) is 2.84. The van der Waals surface area contributed by atoms with Gasteiger partial charge in [-0.1, -0.05) is 5.17 Å². The van der Waals surface area contributed by atoms with Crippen LogP contribution < -0.4 is 5.32 Å². The van der Waals surface area contributed by atoms with Crippen molar-refractivity contribution in [3.63, 3.8) is 0 Å². The minimum Gasteiger partial charge on any atom is -0.340 e. The van der Waals surface area contributed by atoms with Gasteiger partial charge in [0.2, 0.25) is 0 Å². The van der Waals surface area contributed by atoms with Crippen LogP contribution in [-0.4, -0.2) is 32.4 Å². The van der Waals surface area contributed by atoms with E-state index in [1.54, 1.807) is 37.7 Å². The Morgan fingerprint density at radius 2 is 2.00 bits per heavy atom. The number of rotatable bonds is 3. The van der Waals surface area contributed by atoms with E-state index in [1.807, 2.05) is 0 Å². The summed E-state index contributed by atoms with van der Waals surface area (Å²) in [6, 6.07) is 5.04. The van der Waals surface area contributed by atoms with Crippen LogP contribution in [0.1, 0.15) is 17.3 Å². The minimum absolute atomic E-state index is 0.292. The molecule has 3 heterocycles. The summed E-state index contributed by atoms with van der Waals surface area (Å²) in [5.41, 5.74) is 0.171. The maximum absolute atomic E-state index is 12.6. The largest absolute Gasteiger partial charge is 0.417 e. The third-order valence-corrected chi connectivity index (χ3v) is 3.57. The molecule has 126 valence electrons. The van der Waals surface area contributed by atoms with Gasteiger partial charge in [-0.15, -0.1) is 0 Å². The number of hydrogen-bond donors (Lipinski definition) is 2. The summed E-state index contributed by atoms with van der Waals surface area (Å²) in [7, 11) is 1.61. The quantitative estimate of drug-likeness (QED) is 0.898. The van der Waals surface area contributed by atoms with Crippen molar-refractivity contribution in [3.8, 4) is 0 Å². The highest BCUT2D eigenvalue weighted by Crippen LogP contribution is 2.33. The maximum atomic E-state index is 12.6. The molecule has 2 aromatic heterocycles. The summed E-state index contributed by atoms with van der Waals surface area (Å²) in [5, 5.41) is 15.6. The first-order valence-electron chi connectivity index (χ1n) is 7.00. The second kappa shape index (κ2) is 6.10. The van der Waals surface area contributed by atoms with E-state index in [0.717, 1.165) is 17.4 Å². The van der Waals surface area contributed by atoms with E-state index in [1.165, 1.54) is 11.1 Å². The number of hydrogen-bond acceptors (Lipinski definition) is 6. The normalized spacial score (nSPS) is 18.6. The van der Waals surface area contributed by atoms with Gasteiger partial charge >= 0.3 is 6.18 Å². The van der Waals surface area contributed by atoms with Gasteiger partial charge in [-0.25, -0.2) is 0 Å². The fourth-order valence-corrected chi connectivity index (χ4v) is 2.28. The van der Waals surface area contributed by atoms with Crippen LogP contribution in [0.3, 0.4) is 0 Å². The summed E-state index contributed by atoms with van der Waals surface area (Å²) < 4.78 is 37.8. The first kappa shape index (κ1) is 16.2. The van der Waals surface area contributed by atoms with Crippen molar-refractivity contribution in [1.82, 2.24) is 20.1 Å². The molecule has 6 nitrogen and oxygen atoms in total. The number of aromatic nitrogens is 2. The molecule has 0 radical (unpaired) electrons. The van der Waals surface area contributed by atoms with Crippen LogP contribution in [0, 0.1) is 0 Å². The highest BCUT2D eigenvalue weighted by molar-refractivity contribution is 5.46. The summed E-state index contributed by atoms with van der Waals surface area (Å²) in [4.78, 5) is 7.80. The van der Waals surface area contributed by atoms with Gasteiger partial charge in [-0.05, 0) is 30.3 Å². The van der Waals surface area contributed by atoms with E-state index in [0.29, 0.717) is 17.2 Å². The second-order valence-electron chi connectivity index (χ2n) is 5.18. The number of alkyl halides is 3. The second-order valence-corrected chi connectivity index (χ2v) is 5.18. The zero-order valence-corrected chi connectivity index (χ0v) is 12.6. The SMILES string of the molecule is CN1C(Nc2cccnc2)=CC(c2ccc(C(F)(F)F)cn2)N1O. The van der Waals surface area contributed by atoms with E-state index in [2.05, 4.69) is 15.3 Å². The lowest BCUT2D eigenvalue weighted by Crippen LogP contribution is -2.35. The lowest BCUT2D eigenvalue weighted by molar-refractivity contribution is -0.227. The molecule has 0 aromatic carbocycles. The molecule has 0 bridgehead atoms. The summed E-state index contributed by atoms with van der Waals surface area (Å²) in [6.45, 7) is 0. The third kappa shape index (κ3) is 3.17. The number of nitrogens with one attached hydrogen (secondary N) is 1. The molecule has 24 heavy (non-hydrogen) atoms. The lowest BCUT2D eigenvalue weighted by atomic mass is 10.1. The van der Waals surface area contributed by atoms with Gasteiger partial charge in [-0.3, -0.25) is 20.2 Å². The number of anilines is 1. The van der Waals surface area contributed by atoms with Crippen molar-refractivity contribution in [3.05, 3.63) is 66.0 Å². The van der Waals surface area contributed by atoms with Gasteiger partial charge in [0.25, 0.3) is 0 Å². The Balaban J connectivity index is 1.83. The van der Waals surface area contributed by atoms with Gasteiger partial charge < -0.3 is 5.32 Å². The molecule has 2 N–H and O–H groups in total. The molecule has 1 unspecified atom stereocenters. The molecule has 0 saturated heterocycles. The Labute approximate surface area is 135 Å². The van der Waals surface area contributed by atoms with Crippen LogP contribution >= 0.6 is 0 Å². The Hall–Kier alpha value is -2.65. The van der Waals surface area contributed by atoms with Gasteiger partial charge in [0, 0.05) is 19.4 Å². The van der Waals surface area contributed by atoms with Crippen molar-refractivity contribution in [1.29, 1.82) is 0 Å². The van der Waals surface area contributed by atoms with Crippen molar-refractivity contribution >= 4 is 5.69 Å². The Kier molecular flexibility index (Phi) is 4.12. The third-order valence-electron chi connectivity index (χ3n) is 3.57. The van der Waals surface area contributed by atoms with Crippen LogP contribution in [0.25, 0.3) is 0 Å². The topological polar surface area (TPSA) is 64.5 Å². The smallest absolute Gasteiger partial charge is 0.340 e. The molecule has 9 heteroatoms. The Bertz CT molecular complexity index is 733. The summed E-state index contributed by atoms with van der Waals surface area (Å²) >= 11 is 0. The van der Waals surface area contributed by atoms with Crippen LogP contribution in [0.5, 0.6) is 0 Å². The zero-order chi connectivity index (χ0) is 17.3. The van der Waals surface area contributed by atoms with E-state index in [9.17, 15) is 18.4 Å². The molecule has 1 atom stereocenters. The monoisotopic (exact) mass is 337 g/mol. The molecule has 1 aliphatic rings. The van der Waals surface area contributed by atoms with E-state index < -0.39 is 17.8 Å². The summed E-state index contributed by atoms with van der Waals surface area (Å²) in [6.07, 6.45) is 1.21. The molecule has 2 aromatic rings. The molecular formula is C15H14F3N5O. The molecule has 0 fully saturated rings. The number of nitrogens with zero attached hydrogens (tertiary/aromatic N) is 4. The Morgan fingerprint density at radius 3 is 2.58 bits per heavy atom. The Morgan fingerprint density at radius 1 is 1.21 bits per heavy atom. The minimum atomic E-state index is -4.44. The van der Waals surface area contributed by atoms with Crippen LogP contribution in [0.2, 0.25) is 0 Å². The molecule has 0 saturated carbocycles. The highest BCUT2D eigenvalue weighted by atomic mass is 19.4. The maximum Gasteiger partial charge on any atom is 0.417 e. The molecule has 1 aliphatic heterocycles. The van der Waals surface area contributed by atoms with Gasteiger partial charge in [0.15, 0.2) is 0 Å². The van der Waals surface area contributed by atoms with E-state index in [4.69, 9.17) is 0 Å². The van der Waals surface area contributed by atoms with Crippen LogP contribution in [0.15, 0.2) is 54.8 Å². The highest BCUT2D eigenvalue weighted by Gasteiger charge is 2.33. The standard InChI is InChI=1S/C15H14F3N5O/c1-22-14(21-11-3-2-6-19-9-11)7-13(23(22)24)12-5-4-10(8-20-12)15(16,17)18/h2-9,13,21,24H,1H3. The molecule has 3 rings (SSSR count). The van der Waals surface area contributed by atoms with Crippen molar-refractivity contribution < 1.29 is 18.4 Å². The van der Waals surface area contributed by atoms with Crippen molar-refractivity contribution in [2.45, 2.75) is 12.2 Å². The first-order valence-corrected chi connectivity index (χ1v) is 7.00. The van der Waals surface area contributed by atoms with Crippen molar-refractivity contribution in [2.24, 2.45) is 0 Å². The van der Waals surface area contributed by atoms with Crippen LogP contribution in [0.4, 0.5) is 18.9 Å². The number of hydrazine groups is 1. The molecule has 0 aliphatic carbocycles. The van der Waals surface area contributed by atoms with Gasteiger partial charge in [0.05, 0.1) is 23.1 Å². The first-order chi connectivity index (χ1) is 11.4. The molecule has 0 spiro atoms. The zero-order valence-electron chi connectivity index (χ0n) is 12.6. The molecular weight excluding hydrogens is 323 g/mol. The molecule has 0 amide bonds. The van der Waals surface area contributed by atoms with E-state index in [-0.39, 0.29) is 0 Å². The van der Waals surface area contributed by atoms with E-state index >= 15 is 0 Å². The van der Waals surface area contributed by atoms with Gasteiger partial charge in [-0.2, -0.15) is 13.2 Å². The lowest BCUT2D eigenvalue weighted by Gasteiger charge is -2.26. The fourth-order valence-electron chi connectivity index (χ4n) is 2.28. The number of pyridine rings is 2. The van der Waals surface area contributed by atoms with Gasteiger partial charge in [0.1, 0.15) is 11.9 Å². The fraction of sp³-hybridized carbons (Fsp3) is 0.200. The summed E-state index contributed by atoms with van der Waals surface area (Å²) in [5.74, 6) is 0.553.